The van der Waals surface area contributed by atoms with E-state index in [-0.39, 0.29) is 5.56 Å². The van der Waals surface area contributed by atoms with Gasteiger partial charge >= 0.3 is 0 Å². The fraction of sp³-hybridized carbons (Fsp3) is 0.556. The molecule has 0 N–H and O–H groups in total. The van der Waals surface area contributed by atoms with Crippen molar-refractivity contribution in [1.29, 1.82) is 0 Å². The van der Waals surface area contributed by atoms with E-state index in [0.29, 0.717) is 5.75 Å². The summed E-state index contributed by atoms with van der Waals surface area (Å²) >= 11 is 0. The second-order valence-corrected chi connectivity index (χ2v) is 2.86. The topological polar surface area (TPSA) is 44.1 Å². The molecule has 0 aliphatic rings. The number of hydrogen-bond donors (Lipinski definition) is 0. The van der Waals surface area contributed by atoms with Crippen LogP contribution in [0.15, 0.2) is 11.0 Å². The lowest BCUT2D eigenvalue weighted by atomic mass is 10.3. The second kappa shape index (κ2) is 4.07. The summed E-state index contributed by atoms with van der Waals surface area (Å²) in [6.07, 6.45) is 3.27. The van der Waals surface area contributed by atoms with Crippen molar-refractivity contribution in [1.82, 2.24) is 9.55 Å². The van der Waals surface area contributed by atoms with Crippen LogP contribution in [0.3, 0.4) is 0 Å². The number of rotatable bonds is 3. The normalized spacial score (nSPS) is 10.1. The van der Waals surface area contributed by atoms with Crippen molar-refractivity contribution < 1.29 is 4.74 Å². The Morgan fingerprint density at radius 1 is 1.62 bits per heavy atom. The predicted molar refractivity (Wildman–Crippen MR) is 50.0 cm³/mol. The van der Waals surface area contributed by atoms with Crippen molar-refractivity contribution in [3.05, 3.63) is 22.4 Å². The average molecular weight is 182 g/mol. The van der Waals surface area contributed by atoms with Crippen LogP contribution in [0.25, 0.3) is 0 Å². The van der Waals surface area contributed by atoms with Crippen LogP contribution >= 0.6 is 0 Å². The van der Waals surface area contributed by atoms with Crippen LogP contribution in [-0.2, 0) is 13.5 Å². The molecule has 1 aromatic rings. The van der Waals surface area contributed by atoms with E-state index in [9.17, 15) is 4.79 Å². The van der Waals surface area contributed by atoms with Crippen LogP contribution in [0.4, 0.5) is 0 Å². The molecule has 0 bridgehead atoms. The van der Waals surface area contributed by atoms with E-state index in [0.717, 1.165) is 18.7 Å². The number of methoxy groups -OCH3 is 1. The van der Waals surface area contributed by atoms with Crippen LogP contribution in [-0.4, -0.2) is 16.7 Å². The van der Waals surface area contributed by atoms with Crippen molar-refractivity contribution in [2.45, 2.75) is 19.8 Å². The first kappa shape index (κ1) is 9.77. The fourth-order valence-electron chi connectivity index (χ4n) is 1.15. The molecule has 0 aromatic carbocycles. The summed E-state index contributed by atoms with van der Waals surface area (Å²) in [4.78, 5) is 15.6. The van der Waals surface area contributed by atoms with Gasteiger partial charge in [0.05, 0.1) is 13.3 Å². The molecule has 0 atom stereocenters. The lowest BCUT2D eigenvalue weighted by Gasteiger charge is -2.06. The van der Waals surface area contributed by atoms with Gasteiger partial charge in [0.25, 0.3) is 5.56 Å². The molecular weight excluding hydrogens is 168 g/mol. The minimum absolute atomic E-state index is 0.124. The first-order valence-corrected chi connectivity index (χ1v) is 4.29. The van der Waals surface area contributed by atoms with Gasteiger partial charge in [0, 0.05) is 13.5 Å². The molecular formula is C9H14N2O2. The van der Waals surface area contributed by atoms with Crippen molar-refractivity contribution in [2.24, 2.45) is 7.05 Å². The fourth-order valence-corrected chi connectivity index (χ4v) is 1.15. The third kappa shape index (κ3) is 1.88. The van der Waals surface area contributed by atoms with Gasteiger partial charge in [-0.15, -0.1) is 0 Å². The zero-order valence-electron chi connectivity index (χ0n) is 8.20. The van der Waals surface area contributed by atoms with E-state index < -0.39 is 0 Å². The first-order chi connectivity index (χ1) is 6.20. The van der Waals surface area contributed by atoms with Gasteiger partial charge in [-0.05, 0) is 6.42 Å². The van der Waals surface area contributed by atoms with Gasteiger partial charge in [0.15, 0.2) is 0 Å². The summed E-state index contributed by atoms with van der Waals surface area (Å²) < 4.78 is 6.39. The molecule has 0 saturated carbocycles. The van der Waals surface area contributed by atoms with Crippen LogP contribution in [0.2, 0.25) is 0 Å². The van der Waals surface area contributed by atoms with E-state index in [1.807, 2.05) is 0 Å². The first-order valence-electron chi connectivity index (χ1n) is 4.29. The number of ether oxygens (including phenoxy) is 1. The summed E-state index contributed by atoms with van der Waals surface area (Å²) in [5.41, 5.74) is -0.124. The molecule has 72 valence electrons. The molecule has 4 heteroatoms. The molecule has 0 aliphatic heterocycles. The number of hydrogen-bond acceptors (Lipinski definition) is 3. The lowest BCUT2D eigenvalue weighted by Crippen LogP contribution is -2.22. The Kier molecular flexibility index (Phi) is 3.06. The Morgan fingerprint density at radius 2 is 2.31 bits per heavy atom. The van der Waals surface area contributed by atoms with E-state index in [1.165, 1.54) is 17.9 Å². The van der Waals surface area contributed by atoms with Crippen LogP contribution in [0.5, 0.6) is 5.75 Å². The predicted octanol–water partition coefficient (Wildman–Crippen LogP) is 0.741. The highest BCUT2D eigenvalue weighted by Gasteiger charge is 2.05. The summed E-state index contributed by atoms with van der Waals surface area (Å²) in [7, 11) is 3.18. The third-order valence-corrected chi connectivity index (χ3v) is 1.93. The molecule has 0 amide bonds. The summed E-state index contributed by atoms with van der Waals surface area (Å²) in [5, 5.41) is 0. The average Bonchev–Trinajstić information content (AvgIpc) is 2.14. The molecule has 0 spiro atoms. The van der Waals surface area contributed by atoms with Gasteiger partial charge in [0.1, 0.15) is 5.82 Å². The van der Waals surface area contributed by atoms with E-state index >= 15 is 0 Å². The SMILES string of the molecule is CCCc1ncc(OC)c(=O)n1C. The van der Waals surface area contributed by atoms with E-state index in [2.05, 4.69) is 11.9 Å². The van der Waals surface area contributed by atoms with E-state index in [1.54, 1.807) is 7.05 Å². The van der Waals surface area contributed by atoms with Crippen molar-refractivity contribution in [2.75, 3.05) is 7.11 Å². The van der Waals surface area contributed by atoms with Crippen molar-refractivity contribution >= 4 is 0 Å². The van der Waals surface area contributed by atoms with Crippen LogP contribution in [0, 0.1) is 0 Å². The molecule has 0 unspecified atom stereocenters. The number of aryl methyl sites for hydroxylation is 1. The molecule has 0 aliphatic carbocycles. The van der Waals surface area contributed by atoms with Gasteiger partial charge in [-0.2, -0.15) is 0 Å². The van der Waals surface area contributed by atoms with Gasteiger partial charge < -0.3 is 4.74 Å². The Morgan fingerprint density at radius 3 is 2.85 bits per heavy atom. The van der Waals surface area contributed by atoms with Crippen LogP contribution in [0.1, 0.15) is 19.2 Å². The number of nitrogens with zero attached hydrogens (tertiary/aromatic N) is 2. The van der Waals surface area contributed by atoms with Crippen LogP contribution < -0.4 is 10.3 Å². The largest absolute Gasteiger partial charge is 0.490 e. The molecule has 1 heterocycles. The summed E-state index contributed by atoms with van der Waals surface area (Å²) in [5.74, 6) is 1.09. The smallest absolute Gasteiger partial charge is 0.295 e. The highest BCUT2D eigenvalue weighted by molar-refractivity contribution is 5.14. The quantitative estimate of drug-likeness (QED) is 0.692. The highest BCUT2D eigenvalue weighted by Crippen LogP contribution is 2.01. The maximum absolute atomic E-state index is 11.5. The molecule has 0 saturated heterocycles. The molecule has 1 rings (SSSR count). The van der Waals surface area contributed by atoms with Gasteiger partial charge in [0.2, 0.25) is 5.75 Å². The zero-order chi connectivity index (χ0) is 9.84. The Labute approximate surface area is 77.2 Å². The monoisotopic (exact) mass is 182 g/mol. The molecule has 0 fully saturated rings. The van der Waals surface area contributed by atoms with Crippen molar-refractivity contribution in [3.8, 4) is 5.75 Å². The number of aromatic nitrogens is 2. The van der Waals surface area contributed by atoms with Gasteiger partial charge in [-0.1, -0.05) is 6.92 Å². The maximum atomic E-state index is 11.5. The minimum Gasteiger partial charge on any atom is -0.490 e. The molecule has 13 heavy (non-hydrogen) atoms. The van der Waals surface area contributed by atoms with E-state index in [4.69, 9.17) is 4.74 Å². The van der Waals surface area contributed by atoms with Crippen molar-refractivity contribution in [3.63, 3.8) is 0 Å². The Balaban J connectivity index is 3.15. The highest BCUT2D eigenvalue weighted by atomic mass is 16.5. The second-order valence-electron chi connectivity index (χ2n) is 2.86. The Hall–Kier alpha value is -1.32. The van der Waals surface area contributed by atoms with Gasteiger partial charge in [-0.3, -0.25) is 9.36 Å². The molecule has 1 aromatic heterocycles. The standard InChI is InChI=1S/C9H14N2O2/c1-4-5-8-10-6-7(13-3)9(12)11(8)2/h6H,4-5H2,1-3H3. The zero-order valence-corrected chi connectivity index (χ0v) is 8.20. The minimum atomic E-state index is -0.124. The lowest BCUT2D eigenvalue weighted by molar-refractivity contribution is 0.400. The Bertz CT molecular complexity index is 344. The molecule has 0 radical (unpaired) electrons. The summed E-state index contributed by atoms with van der Waals surface area (Å²) in [6, 6.07) is 0. The maximum Gasteiger partial charge on any atom is 0.295 e. The summed E-state index contributed by atoms with van der Waals surface area (Å²) in [6.45, 7) is 2.05. The molecule has 4 nitrogen and oxygen atoms in total. The third-order valence-electron chi connectivity index (χ3n) is 1.93. The van der Waals surface area contributed by atoms with Gasteiger partial charge in [-0.25, -0.2) is 4.98 Å².